The molecule has 1 aliphatic carbocycles. The molecule has 1 saturated carbocycles. The van der Waals surface area contributed by atoms with Gasteiger partial charge in [-0.25, -0.2) is 4.79 Å². The van der Waals surface area contributed by atoms with E-state index in [9.17, 15) is 14.7 Å². The van der Waals surface area contributed by atoms with Gasteiger partial charge in [-0.1, -0.05) is 49.6 Å². The molecule has 120 valence electrons. The van der Waals surface area contributed by atoms with E-state index in [-0.39, 0.29) is 19.1 Å². The minimum Gasteiger partial charge on any atom is -0.481 e. The maximum atomic E-state index is 11.7. The highest BCUT2D eigenvalue weighted by Crippen LogP contribution is 2.29. The van der Waals surface area contributed by atoms with Crippen LogP contribution in [0.15, 0.2) is 30.3 Å². The third-order valence-electron chi connectivity index (χ3n) is 4.22. The predicted octanol–water partition coefficient (Wildman–Crippen LogP) is 3.19. The molecule has 5 heteroatoms. The fourth-order valence-electron chi connectivity index (χ4n) is 2.96. The van der Waals surface area contributed by atoms with E-state index in [0.717, 1.165) is 31.2 Å². The third kappa shape index (κ3) is 5.06. The van der Waals surface area contributed by atoms with Crippen LogP contribution in [-0.4, -0.2) is 23.7 Å². The fraction of sp³-hybridized carbons (Fsp3) is 0.529. The van der Waals surface area contributed by atoms with Crippen LogP contribution >= 0.6 is 0 Å². The lowest BCUT2D eigenvalue weighted by Crippen LogP contribution is -2.37. The number of benzene rings is 1. The number of carbonyl (C=O) groups is 2. The molecule has 1 aliphatic rings. The molecule has 0 radical (unpaired) electrons. The molecule has 1 fully saturated rings. The summed E-state index contributed by atoms with van der Waals surface area (Å²) in [7, 11) is 0. The van der Waals surface area contributed by atoms with Crippen LogP contribution in [0.5, 0.6) is 0 Å². The average molecular weight is 305 g/mol. The van der Waals surface area contributed by atoms with Crippen LogP contribution in [0, 0.1) is 11.8 Å². The van der Waals surface area contributed by atoms with Gasteiger partial charge in [-0.15, -0.1) is 0 Å². The van der Waals surface area contributed by atoms with Gasteiger partial charge in [0.15, 0.2) is 0 Å². The summed E-state index contributed by atoms with van der Waals surface area (Å²) in [6.07, 6.45) is 4.62. The molecule has 22 heavy (non-hydrogen) atoms. The van der Waals surface area contributed by atoms with E-state index in [4.69, 9.17) is 4.74 Å². The summed E-state index contributed by atoms with van der Waals surface area (Å²) in [5.74, 6) is -1.21. The quantitative estimate of drug-likeness (QED) is 0.846. The van der Waals surface area contributed by atoms with Gasteiger partial charge in [-0.3, -0.25) is 4.79 Å². The van der Waals surface area contributed by atoms with Crippen LogP contribution in [0.25, 0.3) is 0 Å². The van der Waals surface area contributed by atoms with Crippen molar-refractivity contribution in [2.24, 2.45) is 11.8 Å². The van der Waals surface area contributed by atoms with Crippen molar-refractivity contribution in [1.29, 1.82) is 0 Å². The molecule has 0 aromatic heterocycles. The van der Waals surface area contributed by atoms with E-state index in [1.54, 1.807) is 0 Å². The van der Waals surface area contributed by atoms with E-state index >= 15 is 0 Å². The Morgan fingerprint density at radius 3 is 2.50 bits per heavy atom. The van der Waals surface area contributed by atoms with E-state index in [2.05, 4.69) is 5.32 Å². The molecule has 2 N–H and O–H groups in total. The Morgan fingerprint density at radius 1 is 1.18 bits per heavy atom. The second kappa shape index (κ2) is 8.41. The fourth-order valence-corrected chi connectivity index (χ4v) is 2.96. The highest BCUT2D eigenvalue weighted by atomic mass is 16.5. The van der Waals surface area contributed by atoms with Gasteiger partial charge in [0, 0.05) is 6.54 Å². The van der Waals surface area contributed by atoms with Gasteiger partial charge in [0.1, 0.15) is 6.61 Å². The molecule has 0 aliphatic heterocycles. The first-order valence-electron chi connectivity index (χ1n) is 7.84. The summed E-state index contributed by atoms with van der Waals surface area (Å²) < 4.78 is 5.10. The van der Waals surface area contributed by atoms with Gasteiger partial charge in [-0.2, -0.15) is 0 Å². The number of hydrogen-bond donors (Lipinski definition) is 2. The molecule has 0 saturated heterocycles. The first kappa shape index (κ1) is 16.3. The van der Waals surface area contributed by atoms with Gasteiger partial charge >= 0.3 is 12.1 Å². The second-order valence-corrected chi connectivity index (χ2v) is 5.79. The van der Waals surface area contributed by atoms with E-state index < -0.39 is 18.0 Å². The molecule has 1 unspecified atom stereocenters. The molecule has 1 aromatic rings. The summed E-state index contributed by atoms with van der Waals surface area (Å²) >= 11 is 0. The van der Waals surface area contributed by atoms with Crippen molar-refractivity contribution in [2.45, 2.75) is 38.7 Å². The number of nitrogens with one attached hydrogen (secondary N) is 1. The zero-order chi connectivity index (χ0) is 15.8. The van der Waals surface area contributed by atoms with E-state index in [1.165, 1.54) is 6.42 Å². The number of alkyl carbamates (subject to hydrolysis) is 1. The molecule has 1 aromatic carbocycles. The van der Waals surface area contributed by atoms with Gasteiger partial charge in [0.25, 0.3) is 0 Å². The monoisotopic (exact) mass is 305 g/mol. The van der Waals surface area contributed by atoms with Crippen molar-refractivity contribution in [3.63, 3.8) is 0 Å². The average Bonchev–Trinajstić information content (AvgIpc) is 2.55. The molecule has 0 spiro atoms. The molecule has 1 amide bonds. The summed E-state index contributed by atoms with van der Waals surface area (Å²) in [5, 5.41) is 11.9. The Kier molecular flexibility index (Phi) is 6.25. The summed E-state index contributed by atoms with van der Waals surface area (Å²) in [6.45, 7) is 0.321. The van der Waals surface area contributed by atoms with Crippen molar-refractivity contribution >= 4 is 12.1 Å². The normalized spacial score (nSPS) is 16.7. The Bertz CT molecular complexity index is 483. The van der Waals surface area contributed by atoms with Crippen LogP contribution in [0.3, 0.4) is 0 Å². The Hall–Kier alpha value is -2.04. The van der Waals surface area contributed by atoms with E-state index in [1.807, 2.05) is 30.3 Å². The minimum atomic E-state index is -0.838. The molecule has 2 rings (SSSR count). The first-order valence-corrected chi connectivity index (χ1v) is 7.84. The number of hydrogen-bond acceptors (Lipinski definition) is 3. The van der Waals surface area contributed by atoms with E-state index in [0.29, 0.717) is 0 Å². The molecular weight excluding hydrogens is 282 g/mol. The van der Waals surface area contributed by atoms with Gasteiger partial charge < -0.3 is 15.2 Å². The van der Waals surface area contributed by atoms with Crippen molar-refractivity contribution in [2.75, 3.05) is 6.54 Å². The number of carboxylic acid groups (broad SMARTS) is 1. The highest BCUT2D eigenvalue weighted by Gasteiger charge is 2.29. The molecule has 0 heterocycles. The standard InChI is InChI=1S/C17H23NO4/c19-16(20)15(14-9-5-2-6-10-14)11-18-17(21)22-12-13-7-3-1-4-8-13/h1,3-4,7-8,14-15H,2,5-6,9-12H2,(H,18,21)(H,19,20). The SMILES string of the molecule is O=C(NCC(C(=O)O)C1CCCCC1)OCc1ccccc1. The van der Waals surface area contributed by atoms with Crippen LogP contribution in [-0.2, 0) is 16.1 Å². The zero-order valence-electron chi connectivity index (χ0n) is 12.7. The Labute approximate surface area is 130 Å². The van der Waals surface area contributed by atoms with Crippen molar-refractivity contribution < 1.29 is 19.4 Å². The maximum absolute atomic E-state index is 11.7. The van der Waals surface area contributed by atoms with Gasteiger partial charge in [0.05, 0.1) is 5.92 Å². The zero-order valence-corrected chi connectivity index (χ0v) is 12.7. The second-order valence-electron chi connectivity index (χ2n) is 5.79. The summed E-state index contributed by atoms with van der Waals surface area (Å²) in [6, 6.07) is 9.39. The Morgan fingerprint density at radius 2 is 1.86 bits per heavy atom. The predicted molar refractivity (Wildman–Crippen MR) is 82.3 cm³/mol. The Balaban J connectivity index is 1.76. The lowest BCUT2D eigenvalue weighted by atomic mass is 9.80. The lowest BCUT2D eigenvalue weighted by Gasteiger charge is -2.27. The number of carboxylic acids is 1. The minimum absolute atomic E-state index is 0.133. The molecule has 5 nitrogen and oxygen atoms in total. The maximum Gasteiger partial charge on any atom is 0.407 e. The van der Waals surface area contributed by atoms with Crippen molar-refractivity contribution in [1.82, 2.24) is 5.32 Å². The van der Waals surface area contributed by atoms with Crippen LogP contribution in [0.1, 0.15) is 37.7 Å². The van der Waals surface area contributed by atoms with Crippen molar-refractivity contribution in [3.8, 4) is 0 Å². The molecular formula is C17H23NO4. The number of amides is 1. The lowest BCUT2D eigenvalue weighted by molar-refractivity contribution is -0.143. The van der Waals surface area contributed by atoms with Crippen LogP contribution in [0.4, 0.5) is 4.79 Å². The highest BCUT2D eigenvalue weighted by molar-refractivity contribution is 5.72. The van der Waals surface area contributed by atoms with Gasteiger partial charge in [0.2, 0.25) is 0 Å². The third-order valence-corrected chi connectivity index (χ3v) is 4.22. The van der Waals surface area contributed by atoms with Gasteiger partial charge in [-0.05, 0) is 24.3 Å². The summed E-state index contributed by atoms with van der Waals surface area (Å²) in [5.41, 5.74) is 0.903. The number of carbonyl (C=O) groups excluding carboxylic acids is 1. The largest absolute Gasteiger partial charge is 0.481 e. The number of aliphatic carboxylic acids is 1. The molecule has 1 atom stereocenters. The smallest absolute Gasteiger partial charge is 0.407 e. The topological polar surface area (TPSA) is 75.6 Å². The van der Waals surface area contributed by atoms with Crippen molar-refractivity contribution in [3.05, 3.63) is 35.9 Å². The first-order chi connectivity index (χ1) is 10.7. The van der Waals surface area contributed by atoms with Crippen LogP contribution < -0.4 is 5.32 Å². The van der Waals surface area contributed by atoms with Crippen LogP contribution in [0.2, 0.25) is 0 Å². The number of ether oxygens (including phenoxy) is 1. The summed E-state index contributed by atoms with van der Waals surface area (Å²) in [4.78, 5) is 23.1. The number of rotatable bonds is 6. The molecule has 0 bridgehead atoms.